The molecule has 0 aromatic carbocycles. The second-order valence-corrected chi connectivity index (χ2v) is 5.77. The third-order valence-corrected chi connectivity index (χ3v) is 3.91. The van der Waals surface area contributed by atoms with Gasteiger partial charge >= 0.3 is 0 Å². The molecule has 1 atom stereocenters. The third-order valence-electron chi connectivity index (χ3n) is 2.29. The van der Waals surface area contributed by atoms with Crippen LogP contribution < -0.4 is 5.32 Å². The molecule has 2 rings (SSSR count). The molecule has 0 radical (unpaired) electrons. The summed E-state index contributed by atoms with van der Waals surface area (Å²) in [4.78, 5) is 5.39. The Balaban J connectivity index is 2.25. The van der Waals surface area contributed by atoms with Gasteiger partial charge in [0.15, 0.2) is 0 Å². The second kappa shape index (κ2) is 5.07. The van der Waals surface area contributed by atoms with Gasteiger partial charge in [-0.15, -0.1) is 11.3 Å². The molecule has 0 saturated heterocycles. The minimum Gasteiger partial charge on any atom is -0.337 e. The van der Waals surface area contributed by atoms with E-state index in [1.807, 2.05) is 19.2 Å². The van der Waals surface area contributed by atoms with Crippen molar-refractivity contribution >= 4 is 27.3 Å². The van der Waals surface area contributed by atoms with Crippen LogP contribution in [0.4, 0.5) is 0 Å². The van der Waals surface area contributed by atoms with Gasteiger partial charge in [-0.25, -0.2) is 0 Å². The Bertz CT molecular complexity index is 464. The molecule has 0 bridgehead atoms. The zero-order valence-corrected chi connectivity index (χ0v) is 11.4. The number of hydrogen-bond acceptors (Lipinski definition) is 5. The molecule has 0 aliphatic carbocycles. The Morgan fingerprint density at radius 1 is 1.56 bits per heavy atom. The van der Waals surface area contributed by atoms with Crippen LogP contribution in [-0.4, -0.2) is 17.2 Å². The van der Waals surface area contributed by atoms with Gasteiger partial charge in [0, 0.05) is 0 Å². The standard InChI is InChI=1S/C10H12BrN3OS/c1-3-6(12-2)10-13-9(14-15-10)7-4-5-8(11)16-7/h4-6,12H,3H2,1-2H3. The number of nitrogens with zero attached hydrogens (tertiary/aromatic N) is 2. The van der Waals surface area contributed by atoms with E-state index in [1.54, 1.807) is 11.3 Å². The minimum atomic E-state index is 0.129. The van der Waals surface area contributed by atoms with Crippen LogP contribution in [0.5, 0.6) is 0 Å². The van der Waals surface area contributed by atoms with Gasteiger partial charge in [0.1, 0.15) is 0 Å². The molecule has 4 nitrogen and oxygen atoms in total. The molecule has 0 amide bonds. The van der Waals surface area contributed by atoms with E-state index >= 15 is 0 Å². The minimum absolute atomic E-state index is 0.129. The number of aromatic nitrogens is 2. The molecule has 16 heavy (non-hydrogen) atoms. The van der Waals surface area contributed by atoms with Gasteiger partial charge in [0.25, 0.3) is 0 Å². The molecule has 6 heteroatoms. The van der Waals surface area contributed by atoms with Crippen LogP contribution in [0, 0.1) is 0 Å². The van der Waals surface area contributed by atoms with Crippen molar-refractivity contribution in [1.29, 1.82) is 0 Å². The molecular weight excluding hydrogens is 290 g/mol. The van der Waals surface area contributed by atoms with E-state index in [1.165, 1.54) is 0 Å². The lowest BCUT2D eigenvalue weighted by Gasteiger charge is -2.06. The fraction of sp³-hybridized carbons (Fsp3) is 0.400. The number of thiophene rings is 1. The van der Waals surface area contributed by atoms with Crippen molar-refractivity contribution in [3.63, 3.8) is 0 Å². The molecule has 1 unspecified atom stereocenters. The van der Waals surface area contributed by atoms with Crippen LogP contribution in [0.15, 0.2) is 20.4 Å². The lowest BCUT2D eigenvalue weighted by atomic mass is 10.2. The van der Waals surface area contributed by atoms with Crippen molar-refractivity contribution in [2.24, 2.45) is 0 Å². The molecule has 2 heterocycles. The van der Waals surface area contributed by atoms with Crippen molar-refractivity contribution < 1.29 is 4.52 Å². The number of rotatable bonds is 4. The summed E-state index contributed by atoms with van der Waals surface area (Å²) in [5.74, 6) is 1.30. The molecule has 0 fully saturated rings. The highest BCUT2D eigenvalue weighted by Gasteiger charge is 2.16. The van der Waals surface area contributed by atoms with Gasteiger partial charge in [-0.1, -0.05) is 12.1 Å². The fourth-order valence-electron chi connectivity index (χ4n) is 1.41. The van der Waals surface area contributed by atoms with Crippen LogP contribution in [0.25, 0.3) is 10.7 Å². The van der Waals surface area contributed by atoms with Crippen molar-refractivity contribution in [3.05, 3.63) is 21.8 Å². The quantitative estimate of drug-likeness (QED) is 0.942. The molecular formula is C10H12BrN3OS. The van der Waals surface area contributed by atoms with Gasteiger partial charge in [-0.3, -0.25) is 0 Å². The zero-order valence-electron chi connectivity index (χ0n) is 9.03. The van der Waals surface area contributed by atoms with Gasteiger partial charge in [-0.05, 0) is 41.5 Å². The maximum absolute atomic E-state index is 5.24. The molecule has 86 valence electrons. The highest BCUT2D eigenvalue weighted by Crippen LogP contribution is 2.30. The average Bonchev–Trinajstić information content (AvgIpc) is 2.89. The van der Waals surface area contributed by atoms with Crippen molar-refractivity contribution in [3.8, 4) is 10.7 Å². The Labute approximate surface area is 106 Å². The maximum atomic E-state index is 5.24. The number of nitrogens with one attached hydrogen (secondary N) is 1. The summed E-state index contributed by atoms with van der Waals surface area (Å²) in [5, 5.41) is 7.12. The molecule has 0 aliphatic rings. The zero-order chi connectivity index (χ0) is 11.5. The van der Waals surface area contributed by atoms with Crippen LogP contribution >= 0.6 is 27.3 Å². The van der Waals surface area contributed by atoms with Gasteiger partial charge in [0.05, 0.1) is 14.7 Å². The first-order valence-corrected chi connectivity index (χ1v) is 6.62. The van der Waals surface area contributed by atoms with E-state index < -0.39 is 0 Å². The summed E-state index contributed by atoms with van der Waals surface area (Å²) in [6, 6.07) is 4.08. The lowest BCUT2D eigenvalue weighted by molar-refractivity contribution is 0.334. The SMILES string of the molecule is CCC(NC)c1nc(-c2ccc(Br)s2)no1. The fourth-order valence-corrected chi connectivity index (χ4v) is 2.73. The Hall–Kier alpha value is -0.720. The Kier molecular flexibility index (Phi) is 3.73. The average molecular weight is 302 g/mol. The van der Waals surface area contributed by atoms with Gasteiger partial charge in [-0.2, -0.15) is 4.98 Å². The van der Waals surface area contributed by atoms with Crippen LogP contribution in [0.2, 0.25) is 0 Å². The first-order chi connectivity index (χ1) is 7.74. The summed E-state index contributed by atoms with van der Waals surface area (Å²) >= 11 is 5.00. The Morgan fingerprint density at radius 2 is 2.38 bits per heavy atom. The monoisotopic (exact) mass is 301 g/mol. The largest absolute Gasteiger partial charge is 0.337 e. The van der Waals surface area contributed by atoms with E-state index in [4.69, 9.17) is 4.52 Å². The van der Waals surface area contributed by atoms with Gasteiger partial charge < -0.3 is 9.84 Å². The maximum Gasteiger partial charge on any atom is 0.244 e. The van der Waals surface area contributed by atoms with E-state index in [-0.39, 0.29) is 6.04 Å². The van der Waals surface area contributed by atoms with Crippen LogP contribution in [0.1, 0.15) is 25.3 Å². The predicted molar refractivity (Wildman–Crippen MR) is 67.4 cm³/mol. The summed E-state index contributed by atoms with van der Waals surface area (Å²) in [6.07, 6.45) is 0.923. The topological polar surface area (TPSA) is 51.0 Å². The van der Waals surface area contributed by atoms with E-state index in [0.29, 0.717) is 11.7 Å². The molecule has 0 saturated carbocycles. The molecule has 1 N–H and O–H groups in total. The number of halogens is 1. The first-order valence-electron chi connectivity index (χ1n) is 5.01. The van der Waals surface area contributed by atoms with Crippen molar-refractivity contribution in [1.82, 2.24) is 15.5 Å². The summed E-state index contributed by atoms with van der Waals surface area (Å²) < 4.78 is 6.30. The van der Waals surface area contributed by atoms with Gasteiger partial charge in [0.2, 0.25) is 11.7 Å². The first kappa shape index (κ1) is 11.8. The van der Waals surface area contributed by atoms with E-state index in [9.17, 15) is 0 Å². The Morgan fingerprint density at radius 3 is 2.94 bits per heavy atom. The summed E-state index contributed by atoms with van der Waals surface area (Å²) in [5.41, 5.74) is 0. The third kappa shape index (κ3) is 2.34. The normalized spacial score (nSPS) is 12.9. The molecule has 0 aliphatic heterocycles. The lowest BCUT2D eigenvalue weighted by Crippen LogP contribution is -2.15. The summed E-state index contributed by atoms with van der Waals surface area (Å²) in [6.45, 7) is 2.08. The second-order valence-electron chi connectivity index (χ2n) is 3.31. The summed E-state index contributed by atoms with van der Waals surface area (Å²) in [7, 11) is 1.89. The molecule has 0 spiro atoms. The van der Waals surface area contributed by atoms with Crippen LogP contribution in [0.3, 0.4) is 0 Å². The van der Waals surface area contributed by atoms with Crippen molar-refractivity contribution in [2.45, 2.75) is 19.4 Å². The predicted octanol–water partition coefficient (Wildman–Crippen LogP) is 3.23. The molecule has 2 aromatic rings. The number of hydrogen-bond donors (Lipinski definition) is 1. The highest BCUT2D eigenvalue weighted by atomic mass is 79.9. The van der Waals surface area contributed by atoms with E-state index in [0.717, 1.165) is 15.1 Å². The van der Waals surface area contributed by atoms with Crippen molar-refractivity contribution in [2.75, 3.05) is 7.05 Å². The van der Waals surface area contributed by atoms with Crippen LogP contribution in [-0.2, 0) is 0 Å². The molecule has 2 aromatic heterocycles. The highest BCUT2D eigenvalue weighted by molar-refractivity contribution is 9.11. The smallest absolute Gasteiger partial charge is 0.244 e. The van der Waals surface area contributed by atoms with E-state index in [2.05, 4.69) is 38.3 Å².